The second-order valence-electron chi connectivity index (χ2n) is 4.67. The topological polar surface area (TPSA) is 47.9 Å². The zero-order valence-corrected chi connectivity index (χ0v) is 11.1. The van der Waals surface area contributed by atoms with Crippen molar-refractivity contribution in [3.63, 3.8) is 0 Å². The first-order valence-corrected chi connectivity index (χ1v) is 6.64. The Morgan fingerprint density at radius 3 is 2.59 bits per heavy atom. The number of ether oxygens (including phenoxy) is 3. The first-order valence-electron chi connectivity index (χ1n) is 6.64. The molecule has 4 heteroatoms. The van der Waals surface area contributed by atoms with E-state index < -0.39 is 0 Å². The summed E-state index contributed by atoms with van der Waals surface area (Å²) in [5, 5.41) is 9.84. The van der Waals surface area contributed by atoms with Crippen LogP contribution in [0, 0.1) is 5.92 Å². The summed E-state index contributed by atoms with van der Waals surface area (Å²) < 4.78 is 15.9. The van der Waals surface area contributed by atoms with Gasteiger partial charge in [0.1, 0.15) is 0 Å². The van der Waals surface area contributed by atoms with Crippen LogP contribution in [-0.4, -0.2) is 50.9 Å². The Bertz CT molecular complexity index is 186. The van der Waals surface area contributed by atoms with Crippen molar-refractivity contribution in [3.05, 3.63) is 0 Å². The molecule has 17 heavy (non-hydrogen) atoms. The summed E-state index contributed by atoms with van der Waals surface area (Å²) in [5.74, 6) is 0.706. The molecule has 1 rings (SSSR count). The molecule has 0 aromatic rings. The Labute approximate surface area is 104 Å². The molecule has 0 bridgehead atoms. The minimum absolute atomic E-state index is 0.000254. The van der Waals surface area contributed by atoms with E-state index in [0.29, 0.717) is 32.3 Å². The van der Waals surface area contributed by atoms with Gasteiger partial charge in [-0.05, 0) is 25.2 Å². The Balaban J connectivity index is 2.07. The molecule has 0 heterocycles. The van der Waals surface area contributed by atoms with Crippen molar-refractivity contribution in [1.82, 2.24) is 0 Å². The highest BCUT2D eigenvalue weighted by molar-refractivity contribution is 4.79. The van der Waals surface area contributed by atoms with Crippen molar-refractivity contribution in [2.24, 2.45) is 5.92 Å². The van der Waals surface area contributed by atoms with E-state index in [4.69, 9.17) is 14.2 Å². The zero-order valence-electron chi connectivity index (χ0n) is 11.1. The van der Waals surface area contributed by atoms with Crippen LogP contribution in [0.25, 0.3) is 0 Å². The first-order chi connectivity index (χ1) is 8.27. The summed E-state index contributed by atoms with van der Waals surface area (Å²) >= 11 is 0. The van der Waals surface area contributed by atoms with Crippen molar-refractivity contribution in [2.75, 3.05) is 33.5 Å². The van der Waals surface area contributed by atoms with Crippen LogP contribution in [0.5, 0.6) is 0 Å². The van der Waals surface area contributed by atoms with Gasteiger partial charge in [0.15, 0.2) is 0 Å². The van der Waals surface area contributed by atoms with Gasteiger partial charge in [-0.2, -0.15) is 0 Å². The highest BCUT2D eigenvalue weighted by atomic mass is 16.5. The predicted octanol–water partition coefficient (Wildman–Crippen LogP) is 1.61. The highest BCUT2D eigenvalue weighted by Gasteiger charge is 2.28. The Morgan fingerprint density at radius 2 is 1.88 bits per heavy atom. The van der Waals surface area contributed by atoms with Gasteiger partial charge < -0.3 is 19.3 Å². The molecule has 3 atom stereocenters. The number of rotatable bonds is 8. The van der Waals surface area contributed by atoms with Crippen LogP contribution in [0.3, 0.4) is 0 Å². The van der Waals surface area contributed by atoms with E-state index >= 15 is 0 Å². The third-order valence-electron chi connectivity index (χ3n) is 3.43. The summed E-state index contributed by atoms with van der Waals surface area (Å²) in [6.45, 7) is 4.55. The monoisotopic (exact) mass is 246 g/mol. The van der Waals surface area contributed by atoms with E-state index in [1.54, 1.807) is 7.11 Å². The maximum atomic E-state index is 9.84. The second kappa shape index (κ2) is 8.86. The molecule has 1 saturated carbocycles. The fourth-order valence-corrected chi connectivity index (χ4v) is 2.25. The smallest absolute Gasteiger partial charge is 0.0837 e. The molecule has 0 spiro atoms. The van der Waals surface area contributed by atoms with Gasteiger partial charge in [-0.15, -0.1) is 0 Å². The molecule has 0 aromatic carbocycles. The highest BCUT2D eigenvalue weighted by Crippen LogP contribution is 2.28. The molecule has 4 nitrogen and oxygen atoms in total. The van der Waals surface area contributed by atoms with Crippen molar-refractivity contribution >= 4 is 0 Å². The van der Waals surface area contributed by atoms with Crippen LogP contribution in [0.2, 0.25) is 0 Å². The number of hydrogen-bond acceptors (Lipinski definition) is 4. The third kappa shape index (κ3) is 5.82. The molecule has 0 aliphatic heterocycles. The summed E-state index contributed by atoms with van der Waals surface area (Å²) in [7, 11) is 1.66. The average molecular weight is 246 g/mol. The molecule has 0 radical (unpaired) electrons. The van der Waals surface area contributed by atoms with E-state index in [9.17, 15) is 5.11 Å². The van der Waals surface area contributed by atoms with Crippen LogP contribution in [0.1, 0.15) is 32.6 Å². The first kappa shape index (κ1) is 14.9. The van der Waals surface area contributed by atoms with Crippen molar-refractivity contribution < 1.29 is 19.3 Å². The minimum atomic E-state index is -0.295. The number of aliphatic hydroxyl groups excluding tert-OH is 1. The van der Waals surface area contributed by atoms with Gasteiger partial charge >= 0.3 is 0 Å². The van der Waals surface area contributed by atoms with Gasteiger partial charge in [0.2, 0.25) is 0 Å². The largest absolute Gasteiger partial charge is 0.390 e. The Hall–Kier alpha value is -0.160. The molecule has 0 amide bonds. The lowest BCUT2D eigenvalue weighted by molar-refractivity contribution is -0.0861. The Morgan fingerprint density at radius 1 is 1.12 bits per heavy atom. The van der Waals surface area contributed by atoms with Crippen molar-refractivity contribution in [1.29, 1.82) is 0 Å². The zero-order chi connectivity index (χ0) is 12.5. The van der Waals surface area contributed by atoms with E-state index in [0.717, 1.165) is 19.3 Å². The number of methoxy groups -OCH3 is 1. The number of aliphatic hydroxyl groups is 1. The van der Waals surface area contributed by atoms with Crippen LogP contribution < -0.4 is 0 Å². The maximum absolute atomic E-state index is 9.84. The van der Waals surface area contributed by atoms with Gasteiger partial charge in [-0.1, -0.05) is 13.3 Å². The van der Waals surface area contributed by atoms with Gasteiger partial charge in [-0.3, -0.25) is 0 Å². The van der Waals surface area contributed by atoms with Gasteiger partial charge in [0.25, 0.3) is 0 Å². The molecular formula is C13H26O4. The van der Waals surface area contributed by atoms with Crippen molar-refractivity contribution in [2.45, 2.75) is 44.8 Å². The fourth-order valence-electron chi connectivity index (χ4n) is 2.25. The fraction of sp³-hybridized carbons (Fsp3) is 1.00. The predicted molar refractivity (Wildman–Crippen MR) is 66.1 cm³/mol. The Kier molecular flexibility index (Phi) is 7.77. The molecule has 102 valence electrons. The molecule has 1 aliphatic carbocycles. The van der Waals surface area contributed by atoms with Gasteiger partial charge in [-0.25, -0.2) is 0 Å². The van der Waals surface area contributed by atoms with E-state index in [2.05, 4.69) is 6.92 Å². The van der Waals surface area contributed by atoms with Crippen LogP contribution in [0.15, 0.2) is 0 Å². The lowest BCUT2D eigenvalue weighted by Crippen LogP contribution is -2.36. The summed E-state index contributed by atoms with van der Waals surface area (Å²) in [6, 6.07) is 0. The molecule has 3 unspecified atom stereocenters. The summed E-state index contributed by atoms with van der Waals surface area (Å²) in [5.41, 5.74) is 0. The van der Waals surface area contributed by atoms with Crippen LogP contribution >= 0.6 is 0 Å². The molecule has 1 fully saturated rings. The van der Waals surface area contributed by atoms with E-state index in [1.165, 1.54) is 6.42 Å². The third-order valence-corrected chi connectivity index (χ3v) is 3.43. The molecule has 0 saturated heterocycles. The summed E-state index contributed by atoms with van der Waals surface area (Å²) in [6.07, 6.45) is 3.86. The summed E-state index contributed by atoms with van der Waals surface area (Å²) in [4.78, 5) is 0. The van der Waals surface area contributed by atoms with E-state index in [1.807, 2.05) is 0 Å². The normalized spacial score (nSPS) is 29.5. The minimum Gasteiger partial charge on any atom is -0.390 e. The molecular weight excluding hydrogens is 220 g/mol. The van der Waals surface area contributed by atoms with Crippen molar-refractivity contribution in [3.8, 4) is 0 Å². The quantitative estimate of drug-likeness (QED) is 0.661. The molecule has 1 aliphatic rings. The SMILES string of the molecule is CCC1CCC(O)C(OCCOCCOC)C1. The van der Waals surface area contributed by atoms with Gasteiger partial charge in [0, 0.05) is 7.11 Å². The lowest BCUT2D eigenvalue weighted by Gasteiger charge is -2.32. The maximum Gasteiger partial charge on any atom is 0.0837 e. The standard InChI is InChI=1S/C13H26O4/c1-3-11-4-5-12(14)13(10-11)17-9-8-16-7-6-15-2/h11-14H,3-10H2,1-2H3. The van der Waals surface area contributed by atoms with E-state index in [-0.39, 0.29) is 12.2 Å². The lowest BCUT2D eigenvalue weighted by atomic mass is 9.84. The molecule has 0 aromatic heterocycles. The van der Waals surface area contributed by atoms with Crippen LogP contribution in [-0.2, 0) is 14.2 Å². The average Bonchev–Trinajstić information content (AvgIpc) is 2.35. The number of hydrogen-bond donors (Lipinski definition) is 1. The van der Waals surface area contributed by atoms with Crippen LogP contribution in [0.4, 0.5) is 0 Å². The van der Waals surface area contributed by atoms with Gasteiger partial charge in [0.05, 0.1) is 38.6 Å². The molecule has 1 N–H and O–H groups in total. The second-order valence-corrected chi connectivity index (χ2v) is 4.67.